The molecule has 0 saturated carbocycles. The average Bonchev–Trinajstić information content (AvgIpc) is 1.97. The second-order valence-electron chi connectivity index (χ2n) is 4.50. The Bertz CT molecular complexity index is 310. The molecule has 0 fully saturated rings. The molecule has 0 heterocycles. The summed E-state index contributed by atoms with van der Waals surface area (Å²) in [5.74, 6) is -0.692. The van der Waals surface area contributed by atoms with Gasteiger partial charge in [0.05, 0.1) is 21.1 Å². The van der Waals surface area contributed by atoms with Gasteiger partial charge in [0.1, 0.15) is 6.54 Å². The number of hydrogen-bond donors (Lipinski definition) is 1. The van der Waals surface area contributed by atoms with Crippen LogP contribution in [-0.2, 0) is 9.59 Å². The van der Waals surface area contributed by atoms with E-state index in [4.69, 9.17) is 6.42 Å². The van der Waals surface area contributed by atoms with Gasteiger partial charge in [0.25, 0.3) is 0 Å². The van der Waals surface area contributed by atoms with Crippen molar-refractivity contribution in [3.63, 3.8) is 0 Å². The maximum Gasteiger partial charge on any atom is 0.242 e. The highest BCUT2D eigenvalue weighted by molar-refractivity contribution is 6.03. The first-order chi connectivity index (χ1) is 6.60. The lowest BCUT2D eigenvalue weighted by Gasteiger charge is -2.33. The van der Waals surface area contributed by atoms with E-state index in [1.54, 1.807) is 27.1 Å². The third kappa shape index (κ3) is 4.58. The van der Waals surface area contributed by atoms with E-state index >= 15 is 0 Å². The van der Waals surface area contributed by atoms with E-state index < -0.39 is 23.8 Å². The van der Waals surface area contributed by atoms with Gasteiger partial charge in [0.15, 0.2) is 5.60 Å². The molecule has 84 valence electrons. The molecule has 5 heteroatoms. The second-order valence-corrected chi connectivity index (χ2v) is 4.50. The van der Waals surface area contributed by atoms with E-state index in [1.807, 2.05) is 0 Å². The summed E-state index contributed by atoms with van der Waals surface area (Å²) in [5, 5.41) is 20.3. The molecule has 0 aliphatic carbocycles. The minimum Gasteiger partial charge on any atom is -0.550 e. The van der Waals surface area contributed by atoms with Crippen molar-refractivity contribution in [2.75, 3.05) is 27.7 Å². The summed E-state index contributed by atoms with van der Waals surface area (Å²) in [7, 11) is 5.14. The number of aliphatic carboxylic acids is 1. The Morgan fingerprint density at radius 3 is 2.20 bits per heavy atom. The molecule has 0 aliphatic rings. The highest BCUT2D eigenvalue weighted by Crippen LogP contribution is 2.15. The molecule has 0 aromatic carbocycles. The number of nitrogens with zero attached hydrogens (tertiary/aromatic N) is 1. The molecule has 0 radical (unpaired) electrons. The fourth-order valence-electron chi connectivity index (χ4n) is 1.37. The summed E-state index contributed by atoms with van der Waals surface area (Å²) in [6.45, 7) is -0.0794. The van der Waals surface area contributed by atoms with Crippen molar-refractivity contribution >= 4 is 11.8 Å². The number of ketones is 1. The molecular weight excluding hydrogens is 198 g/mol. The lowest BCUT2D eigenvalue weighted by Crippen LogP contribution is -2.55. The molecule has 0 bridgehead atoms. The van der Waals surface area contributed by atoms with Crippen molar-refractivity contribution in [3.05, 3.63) is 0 Å². The molecular formula is C10H15NO4. The summed E-state index contributed by atoms with van der Waals surface area (Å²) in [5.41, 5.74) is -2.05. The minimum atomic E-state index is -2.05. The average molecular weight is 213 g/mol. The standard InChI is InChI=1S/C10H15NO4/c1-5-8(12)10(15,6-9(13)14)7-11(2,3)4/h1,15H,6-7H2,2-4H3/t10-/m1/s1. The van der Waals surface area contributed by atoms with E-state index in [0.717, 1.165) is 0 Å². The first-order valence-electron chi connectivity index (χ1n) is 4.34. The van der Waals surface area contributed by atoms with Gasteiger partial charge in [0.2, 0.25) is 5.78 Å². The topological polar surface area (TPSA) is 77.4 Å². The van der Waals surface area contributed by atoms with Crippen LogP contribution in [0, 0.1) is 12.3 Å². The Hall–Kier alpha value is -1.38. The Morgan fingerprint density at radius 2 is 1.93 bits per heavy atom. The minimum absolute atomic E-state index is 0.0794. The second kappa shape index (κ2) is 4.43. The van der Waals surface area contributed by atoms with Gasteiger partial charge in [-0.1, -0.05) is 0 Å². The molecule has 15 heavy (non-hydrogen) atoms. The van der Waals surface area contributed by atoms with Gasteiger partial charge in [-0.2, -0.15) is 0 Å². The first-order valence-corrected chi connectivity index (χ1v) is 4.34. The molecule has 0 spiro atoms. The molecule has 0 unspecified atom stereocenters. The van der Waals surface area contributed by atoms with Crippen molar-refractivity contribution in [1.29, 1.82) is 0 Å². The van der Waals surface area contributed by atoms with Gasteiger partial charge >= 0.3 is 0 Å². The number of aliphatic hydroxyl groups is 1. The summed E-state index contributed by atoms with van der Waals surface area (Å²) >= 11 is 0. The number of Topliss-reactive ketones (excluding diaryl/α,β-unsaturated/α-hetero) is 1. The van der Waals surface area contributed by atoms with Crippen molar-refractivity contribution < 1.29 is 24.3 Å². The number of quaternary nitrogens is 1. The molecule has 0 aliphatic heterocycles. The van der Waals surface area contributed by atoms with E-state index in [-0.39, 0.29) is 11.0 Å². The smallest absolute Gasteiger partial charge is 0.242 e. The van der Waals surface area contributed by atoms with E-state index in [9.17, 15) is 19.8 Å². The van der Waals surface area contributed by atoms with Gasteiger partial charge in [-0.25, -0.2) is 0 Å². The molecule has 0 rings (SSSR count). The predicted molar refractivity (Wildman–Crippen MR) is 51.3 cm³/mol. The number of hydrogen-bond acceptors (Lipinski definition) is 4. The zero-order valence-corrected chi connectivity index (χ0v) is 9.11. The van der Waals surface area contributed by atoms with Crippen LogP contribution in [0.5, 0.6) is 0 Å². The number of carboxylic acids is 1. The van der Waals surface area contributed by atoms with Crippen LogP contribution in [0.3, 0.4) is 0 Å². The Balaban J connectivity index is 4.96. The molecule has 0 amide bonds. The maximum absolute atomic E-state index is 11.3. The fourth-order valence-corrected chi connectivity index (χ4v) is 1.37. The van der Waals surface area contributed by atoms with Gasteiger partial charge in [-0.3, -0.25) is 4.79 Å². The van der Waals surface area contributed by atoms with Crippen LogP contribution in [0.2, 0.25) is 0 Å². The highest BCUT2D eigenvalue weighted by Gasteiger charge is 2.40. The number of carbonyl (C=O) groups excluding carboxylic acids is 2. The highest BCUT2D eigenvalue weighted by atomic mass is 16.4. The predicted octanol–water partition coefficient (Wildman–Crippen LogP) is -2.23. The SMILES string of the molecule is C#CC(=O)[C@@](O)(CC(=O)[O-])C[N+](C)(C)C. The van der Waals surface area contributed by atoms with Crippen LogP contribution in [0.15, 0.2) is 0 Å². The number of likely N-dealkylation sites (N-methyl/N-ethyl adjacent to an activating group) is 1. The third-order valence-electron chi connectivity index (χ3n) is 1.73. The van der Waals surface area contributed by atoms with E-state index in [1.165, 1.54) is 0 Å². The monoisotopic (exact) mass is 213 g/mol. The third-order valence-corrected chi connectivity index (χ3v) is 1.73. The van der Waals surface area contributed by atoms with Crippen molar-refractivity contribution in [2.45, 2.75) is 12.0 Å². The van der Waals surface area contributed by atoms with Crippen LogP contribution < -0.4 is 5.11 Å². The molecule has 5 nitrogen and oxygen atoms in total. The number of carbonyl (C=O) groups is 2. The quantitative estimate of drug-likeness (QED) is 0.318. The summed E-state index contributed by atoms with van der Waals surface area (Å²) in [6, 6.07) is 0. The number of terminal acetylenes is 1. The van der Waals surface area contributed by atoms with Gasteiger partial charge in [-0.05, 0) is 5.92 Å². The lowest BCUT2D eigenvalue weighted by atomic mass is 9.93. The van der Waals surface area contributed by atoms with Gasteiger partial charge in [0, 0.05) is 12.4 Å². The fraction of sp³-hybridized carbons (Fsp3) is 0.600. The summed E-state index contributed by atoms with van der Waals surface area (Å²) < 4.78 is 0.219. The Labute approximate surface area is 88.9 Å². The van der Waals surface area contributed by atoms with Gasteiger partial charge < -0.3 is 19.5 Å². The number of carboxylic acid groups (broad SMARTS) is 1. The van der Waals surface area contributed by atoms with E-state index in [0.29, 0.717) is 0 Å². The molecule has 1 N–H and O–H groups in total. The van der Waals surface area contributed by atoms with E-state index in [2.05, 4.69) is 0 Å². The maximum atomic E-state index is 11.3. The van der Waals surface area contributed by atoms with Crippen LogP contribution in [0.4, 0.5) is 0 Å². The van der Waals surface area contributed by atoms with Crippen molar-refractivity contribution in [3.8, 4) is 12.3 Å². The Morgan fingerprint density at radius 1 is 1.47 bits per heavy atom. The van der Waals surface area contributed by atoms with Crippen LogP contribution >= 0.6 is 0 Å². The van der Waals surface area contributed by atoms with Crippen molar-refractivity contribution in [1.82, 2.24) is 0 Å². The number of rotatable bonds is 5. The largest absolute Gasteiger partial charge is 0.550 e. The molecule has 0 saturated heterocycles. The first kappa shape index (κ1) is 13.6. The van der Waals surface area contributed by atoms with Gasteiger partial charge in [-0.15, -0.1) is 6.42 Å². The van der Waals surface area contributed by atoms with Crippen LogP contribution in [0.1, 0.15) is 6.42 Å². The van der Waals surface area contributed by atoms with Crippen LogP contribution in [0.25, 0.3) is 0 Å². The van der Waals surface area contributed by atoms with Crippen molar-refractivity contribution in [2.24, 2.45) is 0 Å². The summed E-state index contributed by atoms with van der Waals surface area (Å²) in [6.07, 6.45) is 4.09. The zero-order chi connectivity index (χ0) is 12.3. The molecule has 1 atom stereocenters. The Kier molecular flexibility index (Phi) is 4.02. The van der Waals surface area contributed by atoms with Crippen LogP contribution in [-0.4, -0.2) is 54.6 Å². The summed E-state index contributed by atoms with van der Waals surface area (Å²) in [4.78, 5) is 21.7. The normalized spacial score (nSPS) is 15.1. The lowest BCUT2D eigenvalue weighted by molar-refractivity contribution is -0.875. The zero-order valence-electron chi connectivity index (χ0n) is 9.11. The molecule has 0 aromatic heterocycles. The molecule has 0 aromatic rings.